The van der Waals surface area contributed by atoms with Gasteiger partial charge in [-0.15, -0.1) is 0 Å². The first-order valence-corrected chi connectivity index (χ1v) is 13.7. The fraction of sp³-hybridized carbons (Fsp3) is 1.00. The zero-order chi connectivity index (χ0) is 23.3. The summed E-state index contributed by atoms with van der Waals surface area (Å²) in [5.74, 6) is 1.67. The lowest BCUT2D eigenvalue weighted by Crippen LogP contribution is -2.44. The molecule has 0 aromatic heterocycles. The van der Waals surface area contributed by atoms with E-state index in [1.165, 1.54) is 51.4 Å². The van der Waals surface area contributed by atoms with E-state index in [-0.39, 0.29) is 14.9 Å². The summed E-state index contributed by atoms with van der Waals surface area (Å²) in [6.45, 7) is 27.0. The van der Waals surface area contributed by atoms with Crippen molar-refractivity contribution in [1.29, 1.82) is 0 Å². The molecule has 2 heterocycles. The quantitative estimate of drug-likeness (QED) is 0.417. The van der Waals surface area contributed by atoms with Gasteiger partial charge in [0, 0.05) is 35.2 Å². The Labute approximate surface area is 206 Å². The number of nitrogens with zero attached hydrogens (tertiary/aromatic N) is 2. The van der Waals surface area contributed by atoms with Gasteiger partial charge in [0.15, 0.2) is 0 Å². The van der Waals surface area contributed by atoms with Crippen molar-refractivity contribution in [3.63, 3.8) is 0 Å². The van der Waals surface area contributed by atoms with Crippen molar-refractivity contribution in [2.24, 2.45) is 11.8 Å². The van der Waals surface area contributed by atoms with Crippen LogP contribution in [0.5, 0.6) is 0 Å². The third-order valence-corrected chi connectivity index (χ3v) is 7.93. The molecular formula is C30H66N2. The molecule has 2 atom stereocenters. The van der Waals surface area contributed by atoms with E-state index in [2.05, 4.69) is 65.2 Å². The Hall–Kier alpha value is -0.0800. The summed E-state index contributed by atoms with van der Waals surface area (Å²) in [5.41, 5.74) is 1.34. The maximum Gasteiger partial charge on any atom is 0.0217 e. The average Bonchev–Trinajstić information content (AvgIpc) is 3.55. The Morgan fingerprint density at radius 2 is 0.750 bits per heavy atom. The Bertz CT molecular complexity index is 427. The zero-order valence-corrected chi connectivity index (χ0v) is 23.0. The molecule has 2 saturated heterocycles. The maximum atomic E-state index is 2.82. The van der Waals surface area contributed by atoms with E-state index in [1.807, 2.05) is 27.7 Å². The Balaban J connectivity index is 0. The first-order valence-electron chi connectivity index (χ1n) is 13.7. The first kappa shape index (κ1) is 34.1. The van der Waals surface area contributed by atoms with E-state index in [4.69, 9.17) is 0 Å². The number of rotatable bonds is 4. The molecule has 2 saturated carbocycles. The molecule has 0 aromatic carbocycles. The van der Waals surface area contributed by atoms with Gasteiger partial charge in [0.2, 0.25) is 0 Å². The molecule has 196 valence electrons. The highest BCUT2D eigenvalue weighted by molar-refractivity contribution is 5.12. The van der Waals surface area contributed by atoms with Crippen LogP contribution >= 0.6 is 0 Å². The second-order valence-corrected chi connectivity index (χ2v) is 11.2. The van der Waals surface area contributed by atoms with Gasteiger partial charge >= 0.3 is 0 Å². The minimum Gasteiger partial charge on any atom is -0.292 e. The molecule has 2 unspecified atom stereocenters. The van der Waals surface area contributed by atoms with E-state index < -0.39 is 0 Å². The molecule has 2 aliphatic carbocycles. The lowest BCUT2D eigenvalue weighted by Gasteiger charge is -2.36. The average molecular weight is 455 g/mol. The smallest absolute Gasteiger partial charge is 0.0217 e. The predicted molar refractivity (Wildman–Crippen MR) is 150 cm³/mol. The molecule has 4 fully saturated rings. The fourth-order valence-electron chi connectivity index (χ4n) is 6.55. The van der Waals surface area contributed by atoms with Gasteiger partial charge in [-0.05, 0) is 90.9 Å². The first-order chi connectivity index (χ1) is 14.1. The highest BCUT2D eigenvalue weighted by Gasteiger charge is 2.56. The van der Waals surface area contributed by atoms with Crippen LogP contribution in [-0.4, -0.2) is 45.0 Å². The van der Waals surface area contributed by atoms with Crippen LogP contribution in [0.1, 0.15) is 149 Å². The maximum absolute atomic E-state index is 2.82. The summed E-state index contributed by atoms with van der Waals surface area (Å²) >= 11 is 0. The summed E-state index contributed by atoms with van der Waals surface area (Å²) in [6, 6.07) is 3.22. The van der Waals surface area contributed by atoms with Gasteiger partial charge < -0.3 is 0 Å². The lowest BCUT2D eigenvalue weighted by molar-refractivity contribution is 0.106. The van der Waals surface area contributed by atoms with Crippen molar-refractivity contribution in [2.45, 2.75) is 185 Å². The Morgan fingerprint density at radius 3 is 0.906 bits per heavy atom. The molecule has 2 nitrogen and oxygen atoms in total. The van der Waals surface area contributed by atoms with Crippen molar-refractivity contribution in [3.05, 3.63) is 0 Å². The molecule has 4 aliphatic rings. The molecule has 2 heteroatoms. The molecule has 0 N–H and O–H groups in total. The third-order valence-electron chi connectivity index (χ3n) is 7.93. The van der Waals surface area contributed by atoms with Crippen molar-refractivity contribution < 1.29 is 0 Å². The molecule has 2 spiro atoms. The van der Waals surface area contributed by atoms with Gasteiger partial charge in [-0.1, -0.05) is 70.2 Å². The van der Waals surface area contributed by atoms with Gasteiger partial charge in [-0.3, -0.25) is 9.80 Å². The highest BCUT2D eigenvalue weighted by atomic mass is 15.3. The molecule has 0 bridgehead atoms. The summed E-state index contributed by atoms with van der Waals surface area (Å²) in [5, 5.41) is 0. The lowest BCUT2D eigenvalue weighted by atomic mass is 10.0. The second kappa shape index (κ2) is 14.3. The topological polar surface area (TPSA) is 6.48 Å². The fourth-order valence-corrected chi connectivity index (χ4v) is 6.55. The van der Waals surface area contributed by atoms with Crippen LogP contribution < -0.4 is 0 Å². The Morgan fingerprint density at radius 1 is 0.500 bits per heavy atom. The minimum atomic E-state index is 0. The second-order valence-electron chi connectivity index (χ2n) is 11.2. The van der Waals surface area contributed by atoms with Crippen LogP contribution in [-0.2, 0) is 0 Å². The van der Waals surface area contributed by atoms with Gasteiger partial charge in [0.25, 0.3) is 0 Å². The molecule has 0 amide bonds. The van der Waals surface area contributed by atoms with Crippen LogP contribution in [0.4, 0.5) is 0 Å². The molecule has 4 rings (SSSR count). The molecule has 0 radical (unpaired) electrons. The molecular weight excluding hydrogens is 388 g/mol. The van der Waals surface area contributed by atoms with Crippen molar-refractivity contribution >= 4 is 0 Å². The van der Waals surface area contributed by atoms with E-state index in [0.717, 1.165) is 36.0 Å². The SMILES string of the molecule is C.C.CC.CC.CC(C)C1CCC2(CC2)N1C(C)C.CC(C)C1CCC2(CC2)N1C(C)C. The van der Waals surface area contributed by atoms with Crippen LogP contribution in [0.2, 0.25) is 0 Å². The van der Waals surface area contributed by atoms with E-state index in [1.54, 1.807) is 0 Å². The number of hydrogen-bond acceptors (Lipinski definition) is 2. The van der Waals surface area contributed by atoms with Crippen molar-refractivity contribution in [2.75, 3.05) is 0 Å². The van der Waals surface area contributed by atoms with Crippen LogP contribution in [0.3, 0.4) is 0 Å². The zero-order valence-electron chi connectivity index (χ0n) is 23.0. The van der Waals surface area contributed by atoms with Gasteiger partial charge in [-0.2, -0.15) is 0 Å². The van der Waals surface area contributed by atoms with E-state index in [9.17, 15) is 0 Å². The Kier molecular flexibility index (Phi) is 15.3. The third kappa shape index (κ3) is 7.46. The van der Waals surface area contributed by atoms with Gasteiger partial charge in [0.1, 0.15) is 0 Å². The van der Waals surface area contributed by atoms with Crippen molar-refractivity contribution in [1.82, 2.24) is 9.80 Å². The van der Waals surface area contributed by atoms with Gasteiger partial charge in [0.05, 0.1) is 0 Å². The monoisotopic (exact) mass is 455 g/mol. The standard InChI is InChI=1S/2C12H23N.2C2H6.2CH4/c2*1-9(2)11-5-6-12(7-8-12)13(11)10(3)4;2*1-2;;/h2*9-11H,5-8H2,1-4H3;2*1-2H3;2*1H4. The van der Waals surface area contributed by atoms with Crippen LogP contribution in [0.15, 0.2) is 0 Å². The number of likely N-dealkylation sites (tertiary alicyclic amines) is 2. The van der Waals surface area contributed by atoms with Crippen LogP contribution in [0, 0.1) is 11.8 Å². The largest absolute Gasteiger partial charge is 0.292 e. The summed E-state index contributed by atoms with van der Waals surface area (Å²) in [7, 11) is 0. The van der Waals surface area contributed by atoms with Crippen molar-refractivity contribution in [3.8, 4) is 0 Å². The van der Waals surface area contributed by atoms with Crippen LogP contribution in [0.25, 0.3) is 0 Å². The van der Waals surface area contributed by atoms with Gasteiger partial charge in [-0.25, -0.2) is 0 Å². The summed E-state index contributed by atoms with van der Waals surface area (Å²) in [4.78, 5) is 5.63. The molecule has 2 aliphatic heterocycles. The summed E-state index contributed by atoms with van der Waals surface area (Å²) in [6.07, 6.45) is 11.7. The normalized spacial score (nSPS) is 26.6. The predicted octanol–water partition coefficient (Wildman–Crippen LogP) is 9.42. The molecule has 0 aromatic rings. The molecule has 32 heavy (non-hydrogen) atoms. The minimum absolute atomic E-state index is 0. The van der Waals surface area contributed by atoms with E-state index >= 15 is 0 Å². The summed E-state index contributed by atoms with van der Waals surface area (Å²) < 4.78 is 0. The van der Waals surface area contributed by atoms with E-state index in [0.29, 0.717) is 11.1 Å². The highest BCUT2D eigenvalue weighted by Crippen LogP contribution is 2.54. The number of hydrogen-bond donors (Lipinski definition) is 0.